The van der Waals surface area contributed by atoms with Crippen molar-refractivity contribution >= 4 is 21.8 Å². The third kappa shape index (κ3) is 4.09. The average Bonchev–Trinajstić information content (AvgIpc) is 3.06. The molecule has 2 heterocycles. The third-order valence-corrected chi connectivity index (χ3v) is 5.06. The molecule has 120 valence electrons. The van der Waals surface area contributed by atoms with E-state index < -0.39 is 0 Å². The first-order chi connectivity index (χ1) is 10.7. The number of nitrogens with one attached hydrogen (secondary N) is 1. The van der Waals surface area contributed by atoms with Crippen LogP contribution in [-0.2, 0) is 9.53 Å². The quantitative estimate of drug-likeness (QED) is 0.890. The summed E-state index contributed by atoms with van der Waals surface area (Å²) in [6.07, 6.45) is 2.86. The minimum atomic E-state index is -0.0108. The molecule has 1 aromatic rings. The molecular formula is C17H23BrN2O2. The second-order valence-corrected chi connectivity index (χ2v) is 7.07. The van der Waals surface area contributed by atoms with Crippen LogP contribution >= 0.6 is 15.9 Å². The highest BCUT2D eigenvalue weighted by Crippen LogP contribution is 2.25. The van der Waals surface area contributed by atoms with Gasteiger partial charge < -0.3 is 15.0 Å². The Morgan fingerprint density at radius 1 is 1.45 bits per heavy atom. The zero-order valence-corrected chi connectivity index (χ0v) is 14.3. The van der Waals surface area contributed by atoms with Gasteiger partial charge in [-0.3, -0.25) is 4.79 Å². The van der Waals surface area contributed by atoms with Gasteiger partial charge in [-0.1, -0.05) is 28.1 Å². The predicted molar refractivity (Wildman–Crippen MR) is 89.6 cm³/mol. The molecule has 2 saturated heterocycles. The van der Waals surface area contributed by atoms with Crippen LogP contribution in [0.1, 0.15) is 30.9 Å². The van der Waals surface area contributed by atoms with Crippen LogP contribution in [0.4, 0.5) is 0 Å². The van der Waals surface area contributed by atoms with Crippen LogP contribution in [-0.4, -0.2) is 43.6 Å². The van der Waals surface area contributed by atoms with Gasteiger partial charge in [0.1, 0.15) is 6.10 Å². The van der Waals surface area contributed by atoms with Crippen LogP contribution in [0.15, 0.2) is 28.7 Å². The van der Waals surface area contributed by atoms with Gasteiger partial charge in [0.2, 0.25) is 5.91 Å². The summed E-state index contributed by atoms with van der Waals surface area (Å²) in [5.41, 5.74) is 1.13. The van der Waals surface area contributed by atoms with Crippen LogP contribution in [0.25, 0.3) is 0 Å². The lowest BCUT2D eigenvalue weighted by Crippen LogP contribution is -2.42. The molecule has 5 heteroatoms. The maximum Gasteiger partial charge on any atom is 0.222 e. The molecule has 0 aromatic heterocycles. The number of hydrogen-bond donors (Lipinski definition) is 1. The Morgan fingerprint density at radius 2 is 2.36 bits per heavy atom. The number of carbonyl (C=O) groups is 1. The molecule has 0 spiro atoms. The number of halogens is 1. The first kappa shape index (κ1) is 16.0. The maximum absolute atomic E-state index is 12.4. The Labute approximate surface area is 140 Å². The Bertz CT molecular complexity index is 517. The van der Waals surface area contributed by atoms with Crippen molar-refractivity contribution in [2.75, 3.05) is 32.8 Å². The van der Waals surface area contributed by atoms with Crippen LogP contribution in [0.2, 0.25) is 0 Å². The molecule has 0 aliphatic carbocycles. The van der Waals surface area contributed by atoms with Crippen molar-refractivity contribution < 1.29 is 9.53 Å². The molecule has 0 bridgehead atoms. The highest BCUT2D eigenvalue weighted by atomic mass is 79.9. The summed E-state index contributed by atoms with van der Waals surface area (Å²) in [4.78, 5) is 14.4. The second kappa shape index (κ2) is 7.57. The van der Waals surface area contributed by atoms with E-state index in [1.54, 1.807) is 0 Å². The van der Waals surface area contributed by atoms with Crippen LogP contribution in [0.5, 0.6) is 0 Å². The van der Waals surface area contributed by atoms with E-state index in [-0.39, 0.29) is 12.0 Å². The summed E-state index contributed by atoms with van der Waals surface area (Å²) in [5.74, 6) is 0.945. The van der Waals surface area contributed by atoms with Crippen LogP contribution in [0.3, 0.4) is 0 Å². The minimum Gasteiger partial charge on any atom is -0.370 e. The standard InChI is InChI=1S/C17H23BrN2O2/c18-15-3-1-2-14(10-15)16-12-20(8-9-22-16)17(21)5-4-13-6-7-19-11-13/h1-3,10,13,16,19H,4-9,11-12H2. The van der Waals surface area contributed by atoms with E-state index in [1.807, 2.05) is 17.0 Å². The number of ether oxygens (including phenoxy) is 1. The van der Waals surface area contributed by atoms with E-state index >= 15 is 0 Å². The number of nitrogens with zero attached hydrogens (tertiary/aromatic N) is 1. The summed E-state index contributed by atoms with van der Waals surface area (Å²) in [7, 11) is 0. The SMILES string of the molecule is O=C(CCC1CCNC1)N1CCOC(c2cccc(Br)c2)C1. The molecule has 1 N–H and O–H groups in total. The predicted octanol–water partition coefficient (Wildman–Crippen LogP) is 2.74. The molecule has 2 aliphatic heterocycles. The summed E-state index contributed by atoms with van der Waals surface area (Å²) in [6, 6.07) is 8.15. The summed E-state index contributed by atoms with van der Waals surface area (Å²) >= 11 is 3.49. The van der Waals surface area contributed by atoms with Gasteiger partial charge in [0, 0.05) is 17.4 Å². The Hall–Kier alpha value is -0.910. The smallest absolute Gasteiger partial charge is 0.222 e. The van der Waals surface area contributed by atoms with Crippen molar-refractivity contribution in [2.24, 2.45) is 5.92 Å². The Kier molecular flexibility index (Phi) is 5.50. The maximum atomic E-state index is 12.4. The van der Waals surface area contributed by atoms with E-state index in [2.05, 4.69) is 33.4 Å². The van der Waals surface area contributed by atoms with Gasteiger partial charge in [0.05, 0.1) is 13.2 Å². The fourth-order valence-corrected chi connectivity index (χ4v) is 3.65. The molecule has 1 aromatic carbocycles. The number of rotatable bonds is 4. The highest BCUT2D eigenvalue weighted by molar-refractivity contribution is 9.10. The number of hydrogen-bond acceptors (Lipinski definition) is 3. The van der Waals surface area contributed by atoms with Gasteiger partial charge in [-0.05, 0) is 49.5 Å². The van der Waals surface area contributed by atoms with Gasteiger partial charge in [0.25, 0.3) is 0 Å². The van der Waals surface area contributed by atoms with Crippen molar-refractivity contribution in [3.63, 3.8) is 0 Å². The summed E-state index contributed by atoms with van der Waals surface area (Å²) in [6.45, 7) is 4.16. The lowest BCUT2D eigenvalue weighted by molar-refractivity contribution is -0.139. The second-order valence-electron chi connectivity index (χ2n) is 6.15. The first-order valence-corrected chi connectivity index (χ1v) is 8.87. The minimum absolute atomic E-state index is 0.0108. The normalized spacial score (nSPS) is 25.4. The van der Waals surface area contributed by atoms with Crippen molar-refractivity contribution in [1.82, 2.24) is 10.2 Å². The van der Waals surface area contributed by atoms with Gasteiger partial charge in [-0.15, -0.1) is 0 Å². The topological polar surface area (TPSA) is 41.6 Å². The molecule has 2 fully saturated rings. The number of benzene rings is 1. The number of amides is 1. The van der Waals surface area contributed by atoms with Crippen molar-refractivity contribution in [3.05, 3.63) is 34.3 Å². The van der Waals surface area contributed by atoms with Gasteiger partial charge in [-0.25, -0.2) is 0 Å². The van der Waals surface area contributed by atoms with Gasteiger partial charge in [0.15, 0.2) is 0 Å². The Balaban J connectivity index is 1.54. The van der Waals surface area contributed by atoms with E-state index in [9.17, 15) is 4.79 Å². The number of carbonyl (C=O) groups excluding carboxylic acids is 1. The van der Waals surface area contributed by atoms with E-state index in [0.717, 1.165) is 29.5 Å². The number of morpholine rings is 1. The van der Waals surface area contributed by atoms with Crippen molar-refractivity contribution in [1.29, 1.82) is 0 Å². The van der Waals surface area contributed by atoms with E-state index in [4.69, 9.17) is 4.74 Å². The van der Waals surface area contributed by atoms with Crippen molar-refractivity contribution in [2.45, 2.75) is 25.4 Å². The summed E-state index contributed by atoms with van der Waals surface area (Å²) < 4.78 is 6.90. The van der Waals surface area contributed by atoms with Crippen LogP contribution < -0.4 is 5.32 Å². The molecule has 4 nitrogen and oxygen atoms in total. The van der Waals surface area contributed by atoms with E-state index in [1.165, 1.54) is 6.42 Å². The molecule has 1 amide bonds. The van der Waals surface area contributed by atoms with E-state index in [0.29, 0.717) is 32.0 Å². The third-order valence-electron chi connectivity index (χ3n) is 4.57. The first-order valence-electron chi connectivity index (χ1n) is 8.08. The molecule has 2 atom stereocenters. The lowest BCUT2D eigenvalue weighted by Gasteiger charge is -2.33. The zero-order chi connectivity index (χ0) is 15.4. The zero-order valence-electron chi connectivity index (χ0n) is 12.8. The molecule has 0 saturated carbocycles. The van der Waals surface area contributed by atoms with Gasteiger partial charge in [-0.2, -0.15) is 0 Å². The fourth-order valence-electron chi connectivity index (χ4n) is 3.23. The fraction of sp³-hybridized carbons (Fsp3) is 0.588. The average molecular weight is 367 g/mol. The molecule has 0 radical (unpaired) electrons. The molecular weight excluding hydrogens is 344 g/mol. The van der Waals surface area contributed by atoms with Gasteiger partial charge >= 0.3 is 0 Å². The molecule has 22 heavy (non-hydrogen) atoms. The highest BCUT2D eigenvalue weighted by Gasteiger charge is 2.26. The monoisotopic (exact) mass is 366 g/mol. The molecule has 2 unspecified atom stereocenters. The lowest BCUT2D eigenvalue weighted by atomic mass is 10.0. The van der Waals surface area contributed by atoms with Crippen LogP contribution in [0, 0.1) is 5.92 Å². The summed E-state index contributed by atoms with van der Waals surface area (Å²) in [5, 5.41) is 3.36. The largest absolute Gasteiger partial charge is 0.370 e. The molecule has 3 rings (SSSR count). The Morgan fingerprint density at radius 3 is 3.14 bits per heavy atom. The van der Waals surface area contributed by atoms with Crippen molar-refractivity contribution in [3.8, 4) is 0 Å². The molecule has 2 aliphatic rings.